The summed E-state index contributed by atoms with van der Waals surface area (Å²) in [7, 11) is -4.19. The van der Waals surface area contributed by atoms with Crippen LogP contribution < -0.4 is 4.72 Å². The first-order valence-corrected chi connectivity index (χ1v) is 9.94. The smallest absolute Gasteiger partial charge is 0.325 e. The van der Waals surface area contributed by atoms with Gasteiger partial charge in [-0.15, -0.1) is 0 Å². The van der Waals surface area contributed by atoms with Crippen LogP contribution >= 0.6 is 0 Å². The molecule has 0 bridgehead atoms. The van der Waals surface area contributed by atoms with Gasteiger partial charge < -0.3 is 9.47 Å². The number of hydrogen-bond donors (Lipinski definition) is 1. The van der Waals surface area contributed by atoms with Gasteiger partial charge in [-0.25, -0.2) is 8.42 Å². The number of rotatable bonds is 9. The lowest BCUT2D eigenvalue weighted by Gasteiger charge is -2.24. The number of sulfonamides is 1. The Labute approximate surface area is 159 Å². The fraction of sp³-hybridized carbons (Fsp3) is 0.500. The van der Waals surface area contributed by atoms with Crippen molar-refractivity contribution in [1.82, 2.24) is 4.72 Å². The van der Waals surface area contributed by atoms with Crippen LogP contribution in [-0.4, -0.2) is 44.9 Å². The second kappa shape index (κ2) is 9.61. The molecule has 9 heteroatoms. The molecule has 0 aliphatic carbocycles. The average molecular weight is 399 g/mol. The molecule has 1 aromatic rings. The molecule has 2 atom stereocenters. The van der Waals surface area contributed by atoms with E-state index in [-0.39, 0.29) is 11.5 Å². The number of esters is 2. The van der Waals surface area contributed by atoms with E-state index in [9.17, 15) is 22.8 Å². The molecular formula is C18H25NO7S. The van der Waals surface area contributed by atoms with Crippen LogP contribution in [-0.2, 0) is 33.9 Å². The molecule has 0 saturated heterocycles. The van der Waals surface area contributed by atoms with Crippen molar-refractivity contribution >= 4 is 27.7 Å². The molecule has 0 spiro atoms. The fourth-order valence-electron chi connectivity index (χ4n) is 2.28. The van der Waals surface area contributed by atoms with Gasteiger partial charge in [0.1, 0.15) is 17.7 Å². The maximum atomic E-state index is 12.7. The van der Waals surface area contributed by atoms with E-state index in [1.807, 2.05) is 0 Å². The summed E-state index contributed by atoms with van der Waals surface area (Å²) in [6.07, 6.45) is -0.545. The van der Waals surface area contributed by atoms with Crippen LogP contribution in [0.2, 0.25) is 0 Å². The zero-order chi connectivity index (χ0) is 20.8. The number of ether oxygens (including phenoxy) is 2. The molecule has 1 rings (SSSR count). The second-order valence-corrected chi connectivity index (χ2v) is 7.95. The van der Waals surface area contributed by atoms with Crippen LogP contribution in [0.25, 0.3) is 0 Å². The largest absolute Gasteiger partial charge is 0.465 e. The number of carbonyl (C=O) groups excluding carboxylic acids is 3. The highest BCUT2D eigenvalue weighted by molar-refractivity contribution is 7.89. The van der Waals surface area contributed by atoms with E-state index in [1.165, 1.54) is 19.1 Å². The van der Waals surface area contributed by atoms with Crippen molar-refractivity contribution in [1.29, 1.82) is 0 Å². The number of aryl methyl sites for hydroxylation is 1. The van der Waals surface area contributed by atoms with E-state index in [2.05, 4.69) is 4.72 Å². The maximum Gasteiger partial charge on any atom is 0.325 e. The Hall–Kier alpha value is -2.26. The Morgan fingerprint density at radius 3 is 2.07 bits per heavy atom. The van der Waals surface area contributed by atoms with Gasteiger partial charge in [0.2, 0.25) is 10.0 Å². The summed E-state index contributed by atoms with van der Waals surface area (Å²) in [6, 6.07) is 4.15. The van der Waals surface area contributed by atoms with Gasteiger partial charge in [0.25, 0.3) is 0 Å². The predicted octanol–water partition coefficient (Wildman–Crippen LogP) is 1.36. The Morgan fingerprint density at radius 2 is 1.63 bits per heavy atom. The number of nitrogens with one attached hydrogen (secondary N) is 1. The van der Waals surface area contributed by atoms with Crippen molar-refractivity contribution < 1.29 is 32.3 Å². The molecule has 8 nitrogen and oxygen atoms in total. The second-order valence-electron chi connectivity index (χ2n) is 6.24. The lowest BCUT2D eigenvalue weighted by molar-refractivity contribution is -0.162. The Bertz CT molecular complexity index is 784. The van der Waals surface area contributed by atoms with Gasteiger partial charge in [0.05, 0.1) is 17.6 Å². The van der Waals surface area contributed by atoms with Gasteiger partial charge in [-0.2, -0.15) is 4.72 Å². The highest BCUT2D eigenvalue weighted by Crippen LogP contribution is 2.17. The molecule has 1 N–H and O–H groups in total. The number of hydrogen-bond acceptors (Lipinski definition) is 7. The van der Waals surface area contributed by atoms with E-state index >= 15 is 0 Å². The first-order chi connectivity index (χ1) is 12.5. The minimum absolute atomic E-state index is 0.0502. The van der Waals surface area contributed by atoms with Gasteiger partial charge in [0.15, 0.2) is 0 Å². The minimum Gasteiger partial charge on any atom is -0.465 e. The molecular weight excluding hydrogens is 374 g/mol. The molecule has 0 radical (unpaired) electrons. The number of Topliss-reactive ketones (excluding diaryl/α,β-unsaturated/α-hetero) is 1. The van der Waals surface area contributed by atoms with Crippen LogP contribution in [0, 0.1) is 12.8 Å². The Morgan fingerprint density at radius 1 is 1.07 bits per heavy atom. The van der Waals surface area contributed by atoms with E-state index in [4.69, 9.17) is 9.47 Å². The lowest BCUT2D eigenvalue weighted by atomic mass is 9.96. The fourth-order valence-corrected chi connectivity index (χ4v) is 3.48. The summed E-state index contributed by atoms with van der Waals surface area (Å²) in [5.74, 6) is -4.41. The zero-order valence-corrected chi connectivity index (χ0v) is 16.8. The monoisotopic (exact) mass is 399 g/mol. The van der Waals surface area contributed by atoms with Crippen molar-refractivity contribution in [3.05, 3.63) is 29.8 Å². The summed E-state index contributed by atoms with van der Waals surface area (Å²) in [4.78, 5) is 36.6. The molecule has 150 valence electrons. The maximum absolute atomic E-state index is 12.7. The van der Waals surface area contributed by atoms with E-state index in [0.717, 1.165) is 12.5 Å². The van der Waals surface area contributed by atoms with E-state index < -0.39 is 45.8 Å². The van der Waals surface area contributed by atoms with Gasteiger partial charge in [0, 0.05) is 0 Å². The Kier molecular flexibility index (Phi) is 8.11. The molecule has 0 heterocycles. The summed E-state index contributed by atoms with van der Waals surface area (Å²) in [6.45, 7) is 7.50. The SMILES string of the molecule is CCOC(=O)C(NS(=O)(=O)c1ccc(C)cc1)C(C(C)=O)C(=O)OC(C)C. The van der Waals surface area contributed by atoms with Crippen molar-refractivity contribution in [2.24, 2.45) is 5.92 Å². The first kappa shape index (κ1) is 22.8. The molecule has 0 aliphatic rings. The summed E-state index contributed by atoms with van der Waals surface area (Å²) < 4.78 is 37.3. The molecule has 0 aromatic heterocycles. The van der Waals surface area contributed by atoms with Gasteiger partial charge >= 0.3 is 11.9 Å². The van der Waals surface area contributed by atoms with Crippen LogP contribution in [0.1, 0.15) is 33.3 Å². The third-order valence-corrected chi connectivity index (χ3v) is 4.99. The van der Waals surface area contributed by atoms with Crippen LogP contribution in [0.5, 0.6) is 0 Å². The topological polar surface area (TPSA) is 116 Å². The third kappa shape index (κ3) is 6.44. The number of benzene rings is 1. The highest BCUT2D eigenvalue weighted by atomic mass is 32.2. The molecule has 27 heavy (non-hydrogen) atoms. The lowest BCUT2D eigenvalue weighted by Crippen LogP contribution is -2.52. The summed E-state index contributed by atoms with van der Waals surface area (Å²) >= 11 is 0. The standard InChI is InChI=1S/C18H25NO7S/c1-6-25-18(22)16(15(13(5)20)17(21)26-11(2)3)19-27(23,24)14-9-7-12(4)8-10-14/h7-11,15-16,19H,6H2,1-5H3. The zero-order valence-electron chi connectivity index (χ0n) is 16.0. The van der Waals surface area contributed by atoms with Crippen molar-refractivity contribution in [3.63, 3.8) is 0 Å². The van der Waals surface area contributed by atoms with Crippen LogP contribution in [0.3, 0.4) is 0 Å². The summed E-state index contributed by atoms with van der Waals surface area (Å²) in [5.41, 5.74) is 0.845. The van der Waals surface area contributed by atoms with Crippen LogP contribution in [0.4, 0.5) is 0 Å². The summed E-state index contributed by atoms with van der Waals surface area (Å²) in [5, 5.41) is 0. The molecule has 0 amide bonds. The third-order valence-electron chi connectivity index (χ3n) is 3.53. The average Bonchev–Trinajstić information content (AvgIpc) is 2.53. The van der Waals surface area contributed by atoms with Gasteiger partial charge in [-0.05, 0) is 46.8 Å². The first-order valence-electron chi connectivity index (χ1n) is 8.46. The van der Waals surface area contributed by atoms with Crippen molar-refractivity contribution in [2.45, 2.75) is 51.7 Å². The Balaban J connectivity index is 3.29. The van der Waals surface area contributed by atoms with Crippen molar-refractivity contribution in [3.8, 4) is 0 Å². The van der Waals surface area contributed by atoms with Crippen molar-refractivity contribution in [2.75, 3.05) is 6.61 Å². The van der Waals surface area contributed by atoms with E-state index in [1.54, 1.807) is 32.9 Å². The predicted molar refractivity (Wildman–Crippen MR) is 97.3 cm³/mol. The normalized spacial score (nSPS) is 13.7. The quantitative estimate of drug-likeness (QED) is 0.492. The molecule has 0 saturated carbocycles. The molecule has 0 aliphatic heterocycles. The number of ketones is 1. The molecule has 2 unspecified atom stereocenters. The molecule has 1 aromatic carbocycles. The van der Waals surface area contributed by atoms with Gasteiger partial charge in [-0.3, -0.25) is 14.4 Å². The van der Waals surface area contributed by atoms with Crippen LogP contribution in [0.15, 0.2) is 29.2 Å². The minimum atomic E-state index is -4.19. The van der Waals surface area contributed by atoms with Gasteiger partial charge in [-0.1, -0.05) is 17.7 Å². The molecule has 0 fully saturated rings. The van der Waals surface area contributed by atoms with E-state index in [0.29, 0.717) is 0 Å². The number of carbonyl (C=O) groups is 3. The highest BCUT2D eigenvalue weighted by Gasteiger charge is 2.42.